The predicted molar refractivity (Wildman–Crippen MR) is 161 cm³/mol. The van der Waals surface area contributed by atoms with Crippen LogP contribution in [0.3, 0.4) is 0 Å². The quantitative estimate of drug-likeness (QED) is 0.0913. The fraction of sp³-hybridized carbons (Fsp3) is 0.0667. The van der Waals surface area contributed by atoms with Gasteiger partial charge in [-0.2, -0.15) is 0 Å². The van der Waals surface area contributed by atoms with E-state index >= 15 is 0 Å². The number of nitrogens with one attached hydrogen (secondary N) is 5. The molecule has 41 heavy (non-hydrogen) atoms. The summed E-state index contributed by atoms with van der Waals surface area (Å²) < 4.78 is 0. The van der Waals surface area contributed by atoms with E-state index in [1.165, 1.54) is 0 Å². The lowest BCUT2D eigenvalue weighted by Gasteiger charge is -2.20. The van der Waals surface area contributed by atoms with Gasteiger partial charge >= 0.3 is 6.09 Å². The van der Waals surface area contributed by atoms with E-state index in [1.807, 2.05) is 30.3 Å². The lowest BCUT2D eigenvalue weighted by atomic mass is 9.86. The normalized spacial score (nSPS) is 11.5. The number of benzene rings is 3. The molecule has 2 aromatic heterocycles. The topological polar surface area (TPSA) is 173 Å². The Bertz CT molecular complexity index is 1770. The first-order valence-corrected chi connectivity index (χ1v) is 13.0. The molecule has 8 N–H and O–H groups in total. The highest BCUT2D eigenvalue weighted by Gasteiger charge is 2.26. The third-order valence-corrected chi connectivity index (χ3v) is 6.77. The number of imidazole rings is 1. The van der Waals surface area contributed by atoms with Crippen LogP contribution in [0.25, 0.3) is 22.4 Å². The zero-order valence-corrected chi connectivity index (χ0v) is 22.4. The van der Waals surface area contributed by atoms with Gasteiger partial charge in [-0.1, -0.05) is 54.1 Å². The fourth-order valence-corrected chi connectivity index (χ4v) is 4.93. The van der Waals surface area contributed by atoms with Crippen LogP contribution in [0.4, 0.5) is 16.2 Å². The van der Waals surface area contributed by atoms with Crippen LogP contribution < -0.4 is 21.9 Å². The van der Waals surface area contributed by atoms with Gasteiger partial charge in [0.2, 0.25) is 0 Å². The molecule has 0 fully saturated rings. The van der Waals surface area contributed by atoms with E-state index < -0.39 is 12.0 Å². The number of guanidine groups is 1. The zero-order chi connectivity index (χ0) is 28.9. The van der Waals surface area contributed by atoms with Gasteiger partial charge in [-0.05, 0) is 53.9 Å². The first kappa shape index (κ1) is 27.2. The molecule has 0 saturated carbocycles. The first-order chi connectivity index (χ1) is 19.8. The number of amides is 1. The van der Waals surface area contributed by atoms with Crippen LogP contribution in [-0.4, -0.2) is 32.1 Å². The number of hydrogen-bond donors (Lipinski definition) is 7. The van der Waals surface area contributed by atoms with Crippen molar-refractivity contribution >= 4 is 35.0 Å². The summed E-state index contributed by atoms with van der Waals surface area (Å²) >= 11 is 6.38. The largest absolute Gasteiger partial charge is 0.465 e. The maximum Gasteiger partial charge on any atom is 0.409 e. The molecule has 10 nitrogen and oxygen atoms in total. The van der Waals surface area contributed by atoms with Gasteiger partial charge in [0.1, 0.15) is 5.82 Å². The molecule has 3 aromatic carbocycles. The molecule has 5 rings (SSSR count). The summed E-state index contributed by atoms with van der Waals surface area (Å²) in [5.74, 6) is -0.179. The van der Waals surface area contributed by atoms with Gasteiger partial charge in [0.25, 0.3) is 5.56 Å². The zero-order valence-electron chi connectivity index (χ0n) is 21.6. The molecule has 0 radical (unpaired) electrons. The maximum atomic E-state index is 13.6. The van der Waals surface area contributed by atoms with Gasteiger partial charge in [-0.3, -0.25) is 15.5 Å². The average Bonchev–Trinajstić information content (AvgIpc) is 3.43. The smallest absolute Gasteiger partial charge is 0.409 e. The second-order valence-electron chi connectivity index (χ2n) is 9.28. The van der Waals surface area contributed by atoms with Crippen molar-refractivity contribution in [1.29, 1.82) is 5.41 Å². The molecular formula is C30H26ClN7O3. The Morgan fingerprint density at radius 2 is 1.76 bits per heavy atom. The number of halogens is 1. The van der Waals surface area contributed by atoms with E-state index in [2.05, 4.69) is 20.6 Å². The average molecular weight is 568 g/mol. The number of rotatable bonds is 8. The molecule has 1 unspecified atom stereocenters. The van der Waals surface area contributed by atoms with Crippen LogP contribution in [-0.2, 0) is 6.42 Å². The molecule has 0 aliphatic rings. The van der Waals surface area contributed by atoms with Crippen molar-refractivity contribution in [3.63, 3.8) is 0 Å². The summed E-state index contributed by atoms with van der Waals surface area (Å²) in [7, 11) is 0. The minimum absolute atomic E-state index is 0.249. The van der Waals surface area contributed by atoms with Crippen LogP contribution >= 0.6 is 11.6 Å². The maximum absolute atomic E-state index is 13.6. The summed E-state index contributed by atoms with van der Waals surface area (Å²) in [6.07, 6.45) is 2.64. The van der Waals surface area contributed by atoms with Crippen LogP contribution in [0.1, 0.15) is 22.9 Å². The number of pyridine rings is 1. The Labute approximate surface area is 239 Å². The van der Waals surface area contributed by atoms with Crippen molar-refractivity contribution in [2.75, 3.05) is 10.6 Å². The number of H-pyrrole nitrogens is 2. The second kappa shape index (κ2) is 11.8. The summed E-state index contributed by atoms with van der Waals surface area (Å²) in [4.78, 5) is 35.5. The molecule has 1 amide bonds. The van der Waals surface area contributed by atoms with E-state index in [0.717, 1.165) is 11.1 Å². The van der Waals surface area contributed by atoms with Gasteiger partial charge in [-0.15, -0.1) is 0 Å². The van der Waals surface area contributed by atoms with E-state index in [-0.39, 0.29) is 11.5 Å². The minimum atomic E-state index is -1.14. The van der Waals surface area contributed by atoms with Gasteiger partial charge in [0.15, 0.2) is 5.96 Å². The SMILES string of the molecule is N=C(N)Nc1ccc(Cl)cc1-c1cc[nH]c(=O)c1C(Cc1ccccc1)c1nc(-c2ccc(NC(=O)O)cc2)c[nH]1. The van der Waals surface area contributed by atoms with Crippen molar-refractivity contribution in [3.05, 3.63) is 124 Å². The Balaban J connectivity index is 1.63. The minimum Gasteiger partial charge on any atom is -0.465 e. The van der Waals surface area contributed by atoms with Crippen molar-refractivity contribution in [2.45, 2.75) is 12.3 Å². The summed E-state index contributed by atoms with van der Waals surface area (Å²) in [5, 5.41) is 22.3. The Morgan fingerprint density at radius 3 is 2.46 bits per heavy atom. The molecule has 5 aromatic rings. The summed E-state index contributed by atoms with van der Waals surface area (Å²) in [5.41, 5.74) is 10.4. The molecular weight excluding hydrogens is 542 g/mol. The highest BCUT2D eigenvalue weighted by atomic mass is 35.5. The van der Waals surface area contributed by atoms with Gasteiger partial charge in [0, 0.05) is 45.5 Å². The second-order valence-corrected chi connectivity index (χ2v) is 9.72. The number of anilines is 2. The van der Waals surface area contributed by atoms with Gasteiger partial charge in [-0.25, -0.2) is 9.78 Å². The molecule has 0 aliphatic heterocycles. The van der Waals surface area contributed by atoms with Crippen molar-refractivity contribution in [2.24, 2.45) is 5.73 Å². The molecule has 11 heteroatoms. The molecule has 0 saturated heterocycles. The third kappa shape index (κ3) is 6.29. The van der Waals surface area contributed by atoms with E-state index in [0.29, 0.717) is 51.0 Å². The number of carbonyl (C=O) groups is 1. The Hall–Kier alpha value is -5.35. The number of nitrogens with zero attached hydrogens (tertiary/aromatic N) is 1. The van der Waals surface area contributed by atoms with Crippen LogP contribution in [0.2, 0.25) is 5.02 Å². The van der Waals surface area contributed by atoms with Crippen molar-refractivity contribution < 1.29 is 9.90 Å². The third-order valence-electron chi connectivity index (χ3n) is 6.53. The van der Waals surface area contributed by atoms with E-state index in [4.69, 9.17) is 32.8 Å². The van der Waals surface area contributed by atoms with E-state index in [9.17, 15) is 9.59 Å². The monoisotopic (exact) mass is 567 g/mol. The molecule has 2 heterocycles. The van der Waals surface area contributed by atoms with Crippen LogP contribution in [0.15, 0.2) is 96.1 Å². The summed E-state index contributed by atoms with van der Waals surface area (Å²) in [6, 6.07) is 23.5. The number of carboxylic acid groups (broad SMARTS) is 1. The fourth-order valence-electron chi connectivity index (χ4n) is 4.76. The Morgan fingerprint density at radius 1 is 1.00 bits per heavy atom. The first-order valence-electron chi connectivity index (χ1n) is 12.6. The number of hydrogen-bond acceptors (Lipinski definition) is 4. The number of aromatic nitrogens is 3. The highest BCUT2D eigenvalue weighted by molar-refractivity contribution is 6.31. The lowest BCUT2D eigenvalue weighted by molar-refractivity contribution is 0.209. The summed E-state index contributed by atoms with van der Waals surface area (Å²) in [6.45, 7) is 0. The van der Waals surface area contributed by atoms with Crippen molar-refractivity contribution in [1.82, 2.24) is 15.0 Å². The van der Waals surface area contributed by atoms with Crippen molar-refractivity contribution in [3.8, 4) is 22.4 Å². The molecule has 1 atom stereocenters. The number of aromatic amines is 2. The van der Waals surface area contributed by atoms with Gasteiger partial charge < -0.3 is 26.1 Å². The molecule has 0 spiro atoms. The Kier molecular flexibility index (Phi) is 7.84. The standard InChI is InChI=1S/C30H26ClN7O3/c31-19-8-11-24(38-29(32)33)22(15-19)21-12-13-34-28(39)26(21)23(14-17-4-2-1-3-5-17)27-35-16-25(37-27)18-6-9-20(10-7-18)36-30(40)41/h1-13,15-16,23,36H,14H2,(H,34,39)(H,35,37)(H,40,41)(H4,32,33,38). The molecule has 0 bridgehead atoms. The van der Waals surface area contributed by atoms with Crippen LogP contribution in [0, 0.1) is 5.41 Å². The predicted octanol–water partition coefficient (Wildman–Crippen LogP) is 5.86. The molecule has 206 valence electrons. The number of nitrogens with two attached hydrogens (primary N) is 1. The highest BCUT2D eigenvalue weighted by Crippen LogP contribution is 2.37. The van der Waals surface area contributed by atoms with Gasteiger partial charge in [0.05, 0.1) is 11.6 Å². The van der Waals surface area contributed by atoms with Crippen LogP contribution in [0.5, 0.6) is 0 Å². The molecule has 0 aliphatic carbocycles. The van der Waals surface area contributed by atoms with E-state index in [1.54, 1.807) is 60.9 Å². The lowest BCUT2D eigenvalue weighted by Crippen LogP contribution is -2.23.